The number of nitrogens with zero attached hydrogens (tertiary/aromatic N) is 2. The molecule has 1 aliphatic heterocycles. The Kier molecular flexibility index (Phi) is 4.40. The number of pyridine rings is 1. The van der Waals surface area contributed by atoms with Crippen LogP contribution < -0.4 is 4.90 Å². The van der Waals surface area contributed by atoms with Gasteiger partial charge in [-0.15, -0.1) is 0 Å². The van der Waals surface area contributed by atoms with Crippen LogP contribution in [0.4, 0.5) is 5.69 Å². The number of Topliss-reactive ketones (excluding diaryl/α,β-unsaturated/α-hetero) is 1. The Morgan fingerprint density at radius 3 is 2.38 bits per heavy atom. The first-order valence-electron chi connectivity index (χ1n) is 8.50. The topological polar surface area (TPSA) is 70.5 Å². The zero-order valence-electron chi connectivity index (χ0n) is 15.4. The van der Waals surface area contributed by atoms with Crippen LogP contribution in [0.5, 0.6) is 0 Å². The number of rotatable bonds is 3. The number of aliphatic hydroxyl groups is 1. The fourth-order valence-corrected chi connectivity index (χ4v) is 3.15. The largest absolute Gasteiger partial charge is 0.503 e. The third kappa shape index (κ3) is 3.01. The average Bonchev–Trinajstić information content (AvgIpc) is 2.85. The Hall–Kier alpha value is -2.95. The van der Waals surface area contributed by atoms with Gasteiger partial charge in [-0.3, -0.25) is 19.5 Å². The van der Waals surface area contributed by atoms with Crippen molar-refractivity contribution in [2.24, 2.45) is 5.41 Å². The number of carbonyl (C=O) groups is 2. The van der Waals surface area contributed by atoms with Gasteiger partial charge in [-0.2, -0.15) is 0 Å². The molecule has 0 bridgehead atoms. The quantitative estimate of drug-likeness (QED) is 0.911. The van der Waals surface area contributed by atoms with E-state index in [4.69, 9.17) is 0 Å². The molecule has 5 nitrogen and oxygen atoms in total. The van der Waals surface area contributed by atoms with Crippen LogP contribution in [-0.2, 0) is 9.59 Å². The molecule has 1 unspecified atom stereocenters. The number of hydrogen-bond donors (Lipinski definition) is 1. The zero-order valence-corrected chi connectivity index (χ0v) is 15.4. The predicted molar refractivity (Wildman–Crippen MR) is 99.8 cm³/mol. The molecule has 1 aromatic heterocycles. The molecule has 0 saturated heterocycles. The van der Waals surface area contributed by atoms with E-state index < -0.39 is 23.1 Å². The maximum atomic E-state index is 13.0. The lowest BCUT2D eigenvalue weighted by Gasteiger charge is -2.29. The lowest BCUT2D eigenvalue weighted by Crippen LogP contribution is -2.32. The minimum Gasteiger partial charge on any atom is -0.503 e. The number of aryl methyl sites for hydroxylation is 1. The Morgan fingerprint density at radius 1 is 1.15 bits per heavy atom. The van der Waals surface area contributed by atoms with E-state index in [0.717, 1.165) is 11.1 Å². The Labute approximate surface area is 153 Å². The standard InChI is InChI=1S/C21H22N2O3/c1-13-6-5-7-15(12-13)23-17(14-8-10-22-11-9-14)16(18(24)20(23)26)19(25)21(2,3)4/h5-12,17,24H,1-4H3. The number of carbonyl (C=O) groups excluding carboxylic acids is 2. The highest BCUT2D eigenvalue weighted by Gasteiger charge is 2.46. The Balaban J connectivity index is 2.21. The smallest absolute Gasteiger partial charge is 0.294 e. The van der Waals surface area contributed by atoms with Crippen LogP contribution in [0.25, 0.3) is 0 Å². The van der Waals surface area contributed by atoms with Gasteiger partial charge < -0.3 is 5.11 Å². The lowest BCUT2D eigenvalue weighted by molar-refractivity contribution is -0.123. The molecule has 1 aliphatic rings. The van der Waals surface area contributed by atoms with Crippen molar-refractivity contribution in [3.05, 3.63) is 71.3 Å². The third-order valence-corrected chi connectivity index (χ3v) is 4.44. The minimum absolute atomic E-state index is 0.134. The summed E-state index contributed by atoms with van der Waals surface area (Å²) >= 11 is 0. The zero-order chi connectivity index (χ0) is 19.1. The average molecular weight is 350 g/mol. The van der Waals surface area contributed by atoms with E-state index in [9.17, 15) is 14.7 Å². The number of anilines is 1. The van der Waals surface area contributed by atoms with Crippen LogP contribution >= 0.6 is 0 Å². The number of aromatic nitrogens is 1. The van der Waals surface area contributed by atoms with Crippen molar-refractivity contribution in [3.8, 4) is 0 Å². The summed E-state index contributed by atoms with van der Waals surface area (Å²) < 4.78 is 0. The van der Waals surface area contributed by atoms with Gasteiger partial charge in [-0.1, -0.05) is 32.9 Å². The van der Waals surface area contributed by atoms with Crippen LogP contribution in [0.2, 0.25) is 0 Å². The second-order valence-corrected chi connectivity index (χ2v) is 7.54. The van der Waals surface area contributed by atoms with Gasteiger partial charge in [0.15, 0.2) is 11.5 Å². The van der Waals surface area contributed by atoms with E-state index >= 15 is 0 Å². The van der Waals surface area contributed by atoms with E-state index in [1.54, 1.807) is 51.4 Å². The van der Waals surface area contributed by atoms with E-state index in [1.165, 1.54) is 4.90 Å². The molecule has 0 saturated carbocycles. The molecule has 0 radical (unpaired) electrons. The first kappa shape index (κ1) is 17.9. The van der Waals surface area contributed by atoms with Crippen molar-refractivity contribution in [2.75, 3.05) is 4.90 Å². The molecule has 0 spiro atoms. The molecule has 1 atom stereocenters. The van der Waals surface area contributed by atoms with Crippen molar-refractivity contribution < 1.29 is 14.7 Å². The molecule has 2 aromatic rings. The molecule has 0 fully saturated rings. The van der Waals surface area contributed by atoms with Gasteiger partial charge in [0.2, 0.25) is 0 Å². The summed E-state index contributed by atoms with van der Waals surface area (Å²) in [7, 11) is 0. The van der Waals surface area contributed by atoms with Gasteiger partial charge >= 0.3 is 0 Å². The monoisotopic (exact) mass is 350 g/mol. The highest BCUT2D eigenvalue weighted by atomic mass is 16.3. The summed E-state index contributed by atoms with van der Waals surface area (Å²) in [5, 5.41) is 10.6. The Morgan fingerprint density at radius 2 is 1.81 bits per heavy atom. The number of benzene rings is 1. The highest BCUT2D eigenvalue weighted by Crippen LogP contribution is 2.43. The molecule has 5 heteroatoms. The SMILES string of the molecule is Cc1cccc(N2C(=O)C(O)=C(C(=O)C(C)(C)C)C2c2ccncc2)c1. The van der Waals surface area contributed by atoms with Crippen LogP contribution in [0.1, 0.15) is 37.9 Å². The predicted octanol–water partition coefficient (Wildman–Crippen LogP) is 3.91. The van der Waals surface area contributed by atoms with E-state index in [1.807, 2.05) is 25.1 Å². The first-order chi connectivity index (χ1) is 12.2. The first-order valence-corrected chi connectivity index (χ1v) is 8.50. The molecular weight excluding hydrogens is 328 g/mol. The van der Waals surface area contributed by atoms with Crippen molar-refractivity contribution in [1.29, 1.82) is 0 Å². The minimum atomic E-state index is -0.725. The van der Waals surface area contributed by atoms with Gasteiger partial charge in [0.25, 0.3) is 5.91 Å². The summed E-state index contributed by atoms with van der Waals surface area (Å²) in [6.45, 7) is 7.26. The van der Waals surface area contributed by atoms with Crippen molar-refractivity contribution in [2.45, 2.75) is 33.7 Å². The highest BCUT2D eigenvalue weighted by molar-refractivity contribution is 6.17. The van der Waals surface area contributed by atoms with Gasteiger partial charge in [0.1, 0.15) is 0 Å². The summed E-state index contributed by atoms with van der Waals surface area (Å²) in [5.74, 6) is -1.29. The van der Waals surface area contributed by atoms with Crippen molar-refractivity contribution in [3.63, 3.8) is 0 Å². The van der Waals surface area contributed by atoms with Crippen LogP contribution in [-0.4, -0.2) is 21.8 Å². The summed E-state index contributed by atoms with van der Waals surface area (Å²) in [4.78, 5) is 31.4. The summed E-state index contributed by atoms with van der Waals surface area (Å²) in [5.41, 5.74) is 1.76. The van der Waals surface area contributed by atoms with Crippen LogP contribution in [0, 0.1) is 12.3 Å². The van der Waals surface area contributed by atoms with Gasteiger partial charge in [-0.05, 0) is 42.3 Å². The van der Waals surface area contributed by atoms with Crippen molar-refractivity contribution >= 4 is 17.4 Å². The van der Waals surface area contributed by atoms with Crippen LogP contribution in [0.3, 0.4) is 0 Å². The molecule has 1 N–H and O–H groups in total. The van der Waals surface area contributed by atoms with E-state index in [0.29, 0.717) is 5.69 Å². The number of hydrogen-bond acceptors (Lipinski definition) is 4. The van der Waals surface area contributed by atoms with Gasteiger partial charge in [0, 0.05) is 23.5 Å². The molecular formula is C21H22N2O3. The van der Waals surface area contributed by atoms with E-state index in [2.05, 4.69) is 4.98 Å². The molecule has 3 rings (SSSR count). The number of aliphatic hydroxyl groups excluding tert-OH is 1. The molecule has 1 aromatic carbocycles. The molecule has 134 valence electrons. The fraction of sp³-hybridized carbons (Fsp3) is 0.286. The second kappa shape index (κ2) is 6.41. The van der Waals surface area contributed by atoms with Crippen LogP contribution in [0.15, 0.2) is 60.1 Å². The summed E-state index contributed by atoms with van der Waals surface area (Å²) in [6, 6.07) is 10.3. The normalized spacial score (nSPS) is 17.8. The van der Waals surface area contributed by atoms with E-state index in [-0.39, 0.29) is 11.4 Å². The molecule has 1 amide bonds. The fourth-order valence-electron chi connectivity index (χ4n) is 3.15. The van der Waals surface area contributed by atoms with Gasteiger partial charge in [-0.25, -0.2) is 0 Å². The third-order valence-electron chi connectivity index (χ3n) is 4.44. The Bertz CT molecular complexity index is 895. The number of amides is 1. The molecule has 26 heavy (non-hydrogen) atoms. The van der Waals surface area contributed by atoms with Gasteiger partial charge in [0.05, 0.1) is 11.6 Å². The molecule has 2 heterocycles. The lowest BCUT2D eigenvalue weighted by atomic mass is 9.82. The summed E-state index contributed by atoms with van der Waals surface area (Å²) in [6.07, 6.45) is 3.23. The maximum Gasteiger partial charge on any atom is 0.294 e. The maximum absolute atomic E-state index is 13.0. The molecule has 0 aliphatic carbocycles. The van der Waals surface area contributed by atoms with Crippen molar-refractivity contribution in [1.82, 2.24) is 4.98 Å². The number of ketones is 1. The second-order valence-electron chi connectivity index (χ2n) is 7.54.